The van der Waals surface area contributed by atoms with E-state index in [1.165, 1.54) is 6.07 Å². The average molecular weight is 540 g/mol. The van der Waals surface area contributed by atoms with Gasteiger partial charge in [0.15, 0.2) is 0 Å². The molecule has 0 spiro atoms. The molecule has 9 nitrogen and oxygen atoms in total. The minimum absolute atomic E-state index is 0.174. The van der Waals surface area contributed by atoms with Crippen molar-refractivity contribution in [3.8, 4) is 5.75 Å². The maximum absolute atomic E-state index is 13.1. The number of hydrogen-bond acceptors (Lipinski definition) is 6. The Bertz CT molecular complexity index is 1400. The highest BCUT2D eigenvalue weighted by atomic mass is 35.5. The number of aromatic nitrogens is 4. The molecule has 0 bridgehead atoms. The lowest BCUT2D eigenvalue weighted by atomic mass is 9.91. The molecule has 2 aromatic heterocycles. The number of rotatable bonds is 6. The highest BCUT2D eigenvalue weighted by Crippen LogP contribution is 2.33. The molecular formula is C24H25ClF3N5O4. The fourth-order valence-electron chi connectivity index (χ4n) is 5.12. The van der Waals surface area contributed by atoms with Gasteiger partial charge < -0.3 is 20.1 Å². The number of aromatic amines is 1. The zero-order valence-corrected chi connectivity index (χ0v) is 20.5. The number of hydrogen-bond donors (Lipinski definition) is 3. The summed E-state index contributed by atoms with van der Waals surface area (Å²) < 4.78 is 43.2. The van der Waals surface area contributed by atoms with Gasteiger partial charge in [0.2, 0.25) is 5.91 Å². The van der Waals surface area contributed by atoms with Gasteiger partial charge in [-0.05, 0) is 56.6 Å². The molecule has 1 saturated carbocycles. The van der Waals surface area contributed by atoms with Crippen molar-refractivity contribution in [3.63, 3.8) is 0 Å². The number of alkyl halides is 3. The Balaban J connectivity index is 1.44. The van der Waals surface area contributed by atoms with Gasteiger partial charge in [0.25, 0.3) is 5.56 Å². The van der Waals surface area contributed by atoms with Crippen molar-refractivity contribution in [1.29, 1.82) is 0 Å². The fourth-order valence-corrected chi connectivity index (χ4v) is 5.32. The van der Waals surface area contributed by atoms with Crippen LogP contribution in [0, 0.1) is 0 Å². The molecule has 2 heterocycles. The van der Waals surface area contributed by atoms with Crippen molar-refractivity contribution in [2.24, 2.45) is 0 Å². The number of ether oxygens (including phenoxy) is 1. The van der Waals surface area contributed by atoms with Gasteiger partial charge in [-0.1, -0.05) is 11.6 Å². The Morgan fingerprint density at radius 3 is 2.68 bits per heavy atom. The molecule has 3 N–H and O–H groups in total. The summed E-state index contributed by atoms with van der Waals surface area (Å²) in [6, 6.07) is 2.07. The van der Waals surface area contributed by atoms with Crippen molar-refractivity contribution >= 4 is 28.5 Å². The summed E-state index contributed by atoms with van der Waals surface area (Å²) in [6.07, 6.45) is -0.237. The quantitative estimate of drug-likeness (QED) is 0.442. The minimum atomic E-state index is -4.89. The van der Waals surface area contributed by atoms with E-state index in [9.17, 15) is 27.9 Å². The molecule has 198 valence electrons. The predicted octanol–water partition coefficient (Wildman–Crippen LogP) is 3.17. The van der Waals surface area contributed by atoms with Crippen molar-refractivity contribution in [2.75, 3.05) is 0 Å². The first-order valence-electron chi connectivity index (χ1n) is 12.1. The van der Waals surface area contributed by atoms with Crippen molar-refractivity contribution < 1.29 is 27.8 Å². The van der Waals surface area contributed by atoms with Crippen LogP contribution in [0.4, 0.5) is 13.2 Å². The number of carbonyl (C=O) groups is 1. The van der Waals surface area contributed by atoms with E-state index in [1.54, 1.807) is 0 Å². The number of aliphatic hydroxyl groups is 1. The Morgan fingerprint density at radius 2 is 1.97 bits per heavy atom. The van der Waals surface area contributed by atoms with E-state index in [1.807, 2.05) is 0 Å². The van der Waals surface area contributed by atoms with Crippen molar-refractivity contribution in [1.82, 2.24) is 25.1 Å². The van der Waals surface area contributed by atoms with Gasteiger partial charge in [-0.3, -0.25) is 9.59 Å². The van der Waals surface area contributed by atoms with Crippen molar-refractivity contribution in [2.45, 2.75) is 76.4 Å². The Hall–Kier alpha value is -3.12. The van der Waals surface area contributed by atoms with E-state index in [4.69, 9.17) is 11.6 Å². The standard InChI is InChI=1S/C24H25ClF3N5O4/c25-14-8-17-18(9-20(14)37-24(26,27)28)30-21(29-17)10-16-12-4-1-2-5-13(12)23(36)33(32-16)11-22(35)31-15-6-3-7-19(15)34/h8-9,15,19,34H,1-7,10-11H2,(H,29,30)(H,31,35)/t15-,19-/m0/s1. The van der Waals surface area contributed by atoms with Crippen LogP contribution in [0.25, 0.3) is 11.0 Å². The molecule has 13 heteroatoms. The molecule has 0 saturated heterocycles. The van der Waals surface area contributed by atoms with E-state index in [0.717, 1.165) is 35.6 Å². The lowest BCUT2D eigenvalue weighted by Gasteiger charge is -2.21. The summed E-state index contributed by atoms with van der Waals surface area (Å²) >= 11 is 5.95. The third-order valence-electron chi connectivity index (χ3n) is 6.81. The molecule has 2 aliphatic rings. The van der Waals surface area contributed by atoms with Crippen molar-refractivity contribution in [3.05, 3.63) is 50.2 Å². The molecule has 1 aromatic carbocycles. The number of benzene rings is 1. The molecule has 37 heavy (non-hydrogen) atoms. The van der Waals surface area contributed by atoms with Crippen LogP contribution in [0.1, 0.15) is 54.7 Å². The Morgan fingerprint density at radius 1 is 1.22 bits per heavy atom. The summed E-state index contributed by atoms with van der Waals surface area (Å²) in [5.41, 5.74) is 2.34. The van der Waals surface area contributed by atoms with E-state index >= 15 is 0 Å². The van der Waals surface area contributed by atoms with Crippen LogP contribution in [0.15, 0.2) is 16.9 Å². The largest absolute Gasteiger partial charge is 0.573 e. The molecule has 5 rings (SSSR count). The first-order valence-corrected chi connectivity index (χ1v) is 12.5. The lowest BCUT2D eigenvalue weighted by molar-refractivity contribution is -0.274. The molecule has 0 aliphatic heterocycles. The second-order valence-corrected chi connectivity index (χ2v) is 9.86. The van der Waals surface area contributed by atoms with Crippen LogP contribution in [0.5, 0.6) is 5.75 Å². The van der Waals surface area contributed by atoms with Crippen LogP contribution in [-0.4, -0.2) is 49.3 Å². The van der Waals surface area contributed by atoms with Gasteiger partial charge >= 0.3 is 6.36 Å². The number of amides is 1. The summed E-state index contributed by atoms with van der Waals surface area (Å²) in [4.78, 5) is 33.2. The highest BCUT2D eigenvalue weighted by Gasteiger charge is 2.32. The normalized spacial score (nSPS) is 19.7. The fraction of sp³-hybridized carbons (Fsp3) is 0.500. The molecule has 0 unspecified atom stereocenters. The molecular weight excluding hydrogens is 515 g/mol. The molecule has 3 aromatic rings. The number of nitrogens with one attached hydrogen (secondary N) is 2. The maximum atomic E-state index is 13.1. The number of fused-ring (bicyclic) bond motifs is 2. The average Bonchev–Trinajstić information content (AvgIpc) is 3.41. The third kappa shape index (κ3) is 5.59. The number of halogens is 4. The maximum Gasteiger partial charge on any atom is 0.573 e. The van der Waals surface area contributed by atoms with E-state index < -0.39 is 24.1 Å². The predicted molar refractivity (Wildman–Crippen MR) is 128 cm³/mol. The topological polar surface area (TPSA) is 122 Å². The van der Waals surface area contributed by atoms with Gasteiger partial charge in [0, 0.05) is 11.6 Å². The monoisotopic (exact) mass is 539 g/mol. The van der Waals surface area contributed by atoms with Gasteiger partial charge in [0.1, 0.15) is 18.1 Å². The van der Waals surface area contributed by atoms with Gasteiger partial charge in [-0.25, -0.2) is 9.67 Å². The molecule has 2 atom stereocenters. The van der Waals surface area contributed by atoms with Crippen LogP contribution in [0.3, 0.4) is 0 Å². The smallest absolute Gasteiger partial charge is 0.404 e. The summed E-state index contributed by atoms with van der Waals surface area (Å²) in [6.45, 7) is -0.282. The minimum Gasteiger partial charge on any atom is -0.404 e. The van der Waals surface area contributed by atoms with Crippen LogP contribution in [-0.2, 0) is 30.6 Å². The Labute approximate surface area is 214 Å². The lowest BCUT2D eigenvalue weighted by Crippen LogP contribution is -2.43. The van der Waals surface area contributed by atoms with Crippen LogP contribution >= 0.6 is 11.6 Å². The van der Waals surface area contributed by atoms with E-state index in [2.05, 4.69) is 25.1 Å². The SMILES string of the molecule is O=C(Cn1nc(Cc2nc3cc(Cl)c(OC(F)(F)F)cc3[nH]2)c2c(c1=O)CCCC2)N[C@H]1CCC[C@@H]1O. The second-order valence-electron chi connectivity index (χ2n) is 9.45. The molecule has 1 amide bonds. The first-order chi connectivity index (χ1) is 17.6. The highest BCUT2D eigenvalue weighted by molar-refractivity contribution is 6.32. The number of imidazole rings is 1. The Kier molecular flexibility index (Phi) is 6.88. The zero-order valence-electron chi connectivity index (χ0n) is 19.7. The van der Waals surface area contributed by atoms with Crippen LogP contribution < -0.4 is 15.6 Å². The molecule has 2 aliphatic carbocycles. The summed E-state index contributed by atoms with van der Waals surface area (Å²) in [7, 11) is 0. The van der Waals surface area contributed by atoms with Gasteiger partial charge in [0.05, 0.1) is 40.3 Å². The van der Waals surface area contributed by atoms with E-state index in [-0.39, 0.29) is 29.6 Å². The second kappa shape index (κ2) is 9.97. The van der Waals surface area contributed by atoms with E-state index in [0.29, 0.717) is 53.8 Å². The number of aliphatic hydroxyl groups excluding tert-OH is 1. The summed E-state index contributed by atoms with van der Waals surface area (Å²) in [5.74, 6) is -0.531. The molecule has 0 radical (unpaired) electrons. The number of carbonyl (C=O) groups excluding carboxylic acids is 1. The number of nitrogens with zero attached hydrogens (tertiary/aromatic N) is 3. The van der Waals surface area contributed by atoms with Gasteiger partial charge in [-0.15, -0.1) is 13.2 Å². The molecule has 1 fully saturated rings. The zero-order chi connectivity index (χ0) is 26.3. The first kappa shape index (κ1) is 25.5. The van der Waals surface area contributed by atoms with Crippen LogP contribution in [0.2, 0.25) is 5.02 Å². The third-order valence-corrected chi connectivity index (χ3v) is 7.11. The van der Waals surface area contributed by atoms with Gasteiger partial charge in [-0.2, -0.15) is 5.10 Å². The summed E-state index contributed by atoms with van der Waals surface area (Å²) in [5, 5.41) is 17.0. The number of H-pyrrole nitrogens is 1.